The molecule has 0 spiro atoms. The van der Waals surface area contributed by atoms with Crippen molar-refractivity contribution in [1.29, 1.82) is 0 Å². The molecule has 0 atom stereocenters. The maximum atomic E-state index is 13.2. The number of halogens is 1. The number of rotatable bonds is 5. The minimum absolute atomic E-state index is 0.0365. The molecule has 1 aliphatic rings. The van der Waals surface area contributed by atoms with E-state index in [0.717, 1.165) is 48.7 Å². The zero-order valence-electron chi connectivity index (χ0n) is 14.2. The highest BCUT2D eigenvalue weighted by Crippen LogP contribution is 2.18. The number of fused-ring (bicyclic) bond motifs is 1. The van der Waals surface area contributed by atoms with Crippen LogP contribution in [0.4, 0.5) is 4.39 Å². The fourth-order valence-corrected chi connectivity index (χ4v) is 2.99. The summed E-state index contributed by atoms with van der Waals surface area (Å²) in [5.41, 5.74) is 4.19. The van der Waals surface area contributed by atoms with Gasteiger partial charge in [0.25, 0.3) is 0 Å². The highest BCUT2D eigenvalue weighted by molar-refractivity contribution is 5.75. The Labute approximate surface area is 141 Å². The van der Waals surface area contributed by atoms with Gasteiger partial charge in [-0.05, 0) is 36.2 Å². The average molecular weight is 330 g/mol. The van der Waals surface area contributed by atoms with Crippen LogP contribution in [0.2, 0.25) is 0 Å². The summed E-state index contributed by atoms with van der Waals surface area (Å²) in [5.74, 6) is -0.152. The number of carbonyl (C=O) groups is 1. The molecule has 1 aliphatic heterocycles. The summed E-state index contributed by atoms with van der Waals surface area (Å²) in [6.45, 7) is 7.61. The second-order valence-corrected chi connectivity index (χ2v) is 6.26. The van der Waals surface area contributed by atoms with E-state index in [1.807, 2.05) is 24.6 Å². The van der Waals surface area contributed by atoms with Crippen LogP contribution in [0.1, 0.15) is 35.9 Å². The van der Waals surface area contributed by atoms with E-state index in [1.165, 1.54) is 6.07 Å². The van der Waals surface area contributed by atoms with Crippen molar-refractivity contribution < 1.29 is 9.18 Å². The van der Waals surface area contributed by atoms with E-state index < -0.39 is 0 Å². The van der Waals surface area contributed by atoms with E-state index in [2.05, 4.69) is 21.4 Å². The maximum absolute atomic E-state index is 13.2. The monoisotopic (exact) mass is 330 g/mol. The summed E-state index contributed by atoms with van der Waals surface area (Å²) in [6.07, 6.45) is 0.484. The lowest BCUT2D eigenvalue weighted by atomic mass is 10.1. The molecule has 2 heterocycles. The van der Waals surface area contributed by atoms with Gasteiger partial charge in [0.1, 0.15) is 5.82 Å². The van der Waals surface area contributed by atoms with Crippen molar-refractivity contribution in [2.45, 2.75) is 46.4 Å². The van der Waals surface area contributed by atoms with E-state index in [9.17, 15) is 9.18 Å². The van der Waals surface area contributed by atoms with E-state index in [0.29, 0.717) is 13.0 Å². The smallest absolute Gasteiger partial charge is 0.220 e. The highest BCUT2D eigenvalue weighted by Gasteiger charge is 2.19. The summed E-state index contributed by atoms with van der Waals surface area (Å²) in [6, 6.07) is 7.02. The molecular formula is C18H23FN4O. The SMILES string of the molecule is CCC(=O)NCc1cc2n(n1)CCN(Cc1ccc(F)cc1C)C2. The molecule has 1 amide bonds. The van der Waals surface area contributed by atoms with Gasteiger partial charge in [0.15, 0.2) is 0 Å². The summed E-state index contributed by atoms with van der Waals surface area (Å²) in [4.78, 5) is 13.7. The Morgan fingerprint density at radius 3 is 2.92 bits per heavy atom. The molecule has 0 bridgehead atoms. The van der Waals surface area contributed by atoms with Gasteiger partial charge in [0.05, 0.1) is 24.5 Å². The van der Waals surface area contributed by atoms with Crippen molar-refractivity contribution in [3.05, 3.63) is 52.6 Å². The lowest BCUT2D eigenvalue weighted by Gasteiger charge is -2.28. The van der Waals surface area contributed by atoms with Gasteiger partial charge in [-0.25, -0.2) is 4.39 Å². The van der Waals surface area contributed by atoms with Crippen molar-refractivity contribution in [1.82, 2.24) is 20.0 Å². The maximum Gasteiger partial charge on any atom is 0.220 e. The molecule has 24 heavy (non-hydrogen) atoms. The molecule has 128 valence electrons. The lowest BCUT2D eigenvalue weighted by Crippen LogP contribution is -2.33. The first kappa shape index (κ1) is 16.6. The normalized spacial score (nSPS) is 14.5. The van der Waals surface area contributed by atoms with Crippen molar-refractivity contribution in [3.8, 4) is 0 Å². The number of hydrogen-bond acceptors (Lipinski definition) is 3. The van der Waals surface area contributed by atoms with Crippen molar-refractivity contribution in [2.24, 2.45) is 0 Å². The quantitative estimate of drug-likeness (QED) is 0.916. The molecule has 6 heteroatoms. The van der Waals surface area contributed by atoms with E-state index in [-0.39, 0.29) is 11.7 Å². The van der Waals surface area contributed by atoms with Gasteiger partial charge in [-0.3, -0.25) is 14.4 Å². The van der Waals surface area contributed by atoms with Gasteiger partial charge in [-0.2, -0.15) is 5.10 Å². The average Bonchev–Trinajstić information content (AvgIpc) is 2.97. The number of benzene rings is 1. The number of nitrogens with one attached hydrogen (secondary N) is 1. The highest BCUT2D eigenvalue weighted by atomic mass is 19.1. The van der Waals surface area contributed by atoms with Gasteiger partial charge in [-0.1, -0.05) is 13.0 Å². The first-order chi connectivity index (χ1) is 11.5. The summed E-state index contributed by atoms with van der Waals surface area (Å²) >= 11 is 0. The topological polar surface area (TPSA) is 50.2 Å². The Bertz CT molecular complexity index is 741. The van der Waals surface area contributed by atoms with Crippen molar-refractivity contribution in [3.63, 3.8) is 0 Å². The molecule has 2 aromatic rings. The molecule has 1 aromatic carbocycles. The summed E-state index contributed by atoms with van der Waals surface area (Å²) < 4.78 is 15.2. The number of carbonyl (C=O) groups excluding carboxylic acids is 1. The molecule has 0 unspecified atom stereocenters. The van der Waals surface area contributed by atoms with Crippen LogP contribution in [0.3, 0.4) is 0 Å². The first-order valence-corrected chi connectivity index (χ1v) is 8.35. The molecule has 3 rings (SSSR count). The molecule has 1 aromatic heterocycles. The fourth-order valence-electron chi connectivity index (χ4n) is 2.99. The predicted molar refractivity (Wildman–Crippen MR) is 89.6 cm³/mol. The number of nitrogens with zero attached hydrogens (tertiary/aromatic N) is 3. The second kappa shape index (κ2) is 7.13. The van der Waals surface area contributed by atoms with Gasteiger partial charge < -0.3 is 5.32 Å². The number of aryl methyl sites for hydroxylation is 1. The van der Waals surface area contributed by atoms with Crippen molar-refractivity contribution in [2.75, 3.05) is 6.54 Å². The molecular weight excluding hydrogens is 307 g/mol. The van der Waals surface area contributed by atoms with E-state index in [4.69, 9.17) is 0 Å². The van der Waals surface area contributed by atoms with Crippen molar-refractivity contribution >= 4 is 5.91 Å². The Balaban J connectivity index is 1.63. The molecule has 1 N–H and O–H groups in total. The molecule has 0 saturated heterocycles. The molecule has 0 saturated carbocycles. The van der Waals surface area contributed by atoms with Crippen LogP contribution in [0.25, 0.3) is 0 Å². The van der Waals surface area contributed by atoms with Gasteiger partial charge in [0.2, 0.25) is 5.91 Å². The second-order valence-electron chi connectivity index (χ2n) is 6.26. The third kappa shape index (κ3) is 3.82. The number of amides is 1. The van der Waals surface area contributed by atoms with Crippen LogP contribution in [0, 0.1) is 12.7 Å². The minimum atomic E-state index is -0.188. The zero-order valence-corrected chi connectivity index (χ0v) is 14.2. The Kier molecular flexibility index (Phi) is 4.94. The van der Waals surface area contributed by atoms with Crippen LogP contribution >= 0.6 is 0 Å². The molecule has 0 aliphatic carbocycles. The largest absolute Gasteiger partial charge is 0.350 e. The third-order valence-corrected chi connectivity index (χ3v) is 4.41. The van der Waals surface area contributed by atoms with Gasteiger partial charge in [-0.15, -0.1) is 0 Å². The van der Waals surface area contributed by atoms with Crippen LogP contribution in [-0.2, 0) is 31.0 Å². The lowest BCUT2D eigenvalue weighted by molar-refractivity contribution is -0.120. The van der Waals surface area contributed by atoms with Crippen LogP contribution in [-0.4, -0.2) is 27.1 Å². The van der Waals surface area contributed by atoms with E-state index >= 15 is 0 Å². The van der Waals surface area contributed by atoms with Gasteiger partial charge in [0, 0.05) is 26.1 Å². The summed E-state index contributed by atoms with van der Waals surface area (Å²) in [7, 11) is 0. The van der Waals surface area contributed by atoms with E-state index in [1.54, 1.807) is 6.07 Å². The van der Waals surface area contributed by atoms with Crippen LogP contribution in [0.15, 0.2) is 24.3 Å². The molecule has 0 radical (unpaired) electrons. The molecule has 0 fully saturated rings. The Hall–Kier alpha value is -2.21. The summed E-state index contributed by atoms with van der Waals surface area (Å²) in [5, 5.41) is 7.41. The fraction of sp³-hybridized carbons (Fsp3) is 0.444. The van der Waals surface area contributed by atoms with Gasteiger partial charge >= 0.3 is 0 Å². The standard InChI is InChI=1S/C18H23FN4O/c1-3-18(24)20-10-16-9-17-12-22(6-7-23(17)21-16)11-14-4-5-15(19)8-13(14)2/h4-5,8-9H,3,6-7,10-12H2,1-2H3,(H,20,24). The third-order valence-electron chi connectivity index (χ3n) is 4.41. The molecule has 5 nitrogen and oxygen atoms in total. The first-order valence-electron chi connectivity index (χ1n) is 8.35. The predicted octanol–water partition coefficient (Wildman–Crippen LogP) is 2.37. The Morgan fingerprint density at radius 1 is 1.33 bits per heavy atom. The number of hydrogen-bond donors (Lipinski definition) is 1. The Morgan fingerprint density at radius 2 is 2.17 bits per heavy atom. The number of aromatic nitrogens is 2. The van der Waals surface area contributed by atoms with Crippen LogP contribution < -0.4 is 5.32 Å². The van der Waals surface area contributed by atoms with Crippen LogP contribution in [0.5, 0.6) is 0 Å². The zero-order chi connectivity index (χ0) is 17.1. The minimum Gasteiger partial charge on any atom is -0.350 e.